The van der Waals surface area contributed by atoms with Gasteiger partial charge in [0, 0.05) is 13.2 Å². The SMILES string of the molecule is CCOCCS(=O)(=O)NCCC1CCNC1.Cl. The molecule has 0 amide bonds. The van der Waals surface area contributed by atoms with Gasteiger partial charge in [0.1, 0.15) is 0 Å². The quantitative estimate of drug-likeness (QED) is 0.633. The van der Waals surface area contributed by atoms with Crippen molar-refractivity contribution in [2.45, 2.75) is 19.8 Å². The Hall–Kier alpha value is 0.120. The molecule has 1 rings (SSSR count). The number of halogens is 1. The summed E-state index contributed by atoms with van der Waals surface area (Å²) in [5.41, 5.74) is 0. The predicted molar refractivity (Wildman–Crippen MR) is 71.1 cm³/mol. The van der Waals surface area contributed by atoms with E-state index in [0.717, 1.165) is 25.9 Å². The molecular formula is C10H23ClN2O3S. The van der Waals surface area contributed by atoms with E-state index in [9.17, 15) is 8.42 Å². The second-order valence-corrected chi connectivity index (χ2v) is 5.98. The highest BCUT2D eigenvalue weighted by atomic mass is 35.5. The lowest BCUT2D eigenvalue weighted by atomic mass is 10.1. The van der Waals surface area contributed by atoms with Crippen molar-refractivity contribution < 1.29 is 13.2 Å². The van der Waals surface area contributed by atoms with Gasteiger partial charge in [-0.2, -0.15) is 0 Å². The van der Waals surface area contributed by atoms with Crippen molar-refractivity contribution in [2.24, 2.45) is 5.92 Å². The highest BCUT2D eigenvalue weighted by Gasteiger charge is 2.15. The lowest BCUT2D eigenvalue weighted by Crippen LogP contribution is -2.30. The molecule has 1 saturated heterocycles. The Morgan fingerprint density at radius 2 is 2.24 bits per heavy atom. The van der Waals surface area contributed by atoms with Crippen LogP contribution in [0.4, 0.5) is 0 Å². The van der Waals surface area contributed by atoms with E-state index in [4.69, 9.17) is 4.74 Å². The van der Waals surface area contributed by atoms with Gasteiger partial charge in [-0.1, -0.05) is 0 Å². The largest absolute Gasteiger partial charge is 0.381 e. The first-order chi connectivity index (χ1) is 7.64. The van der Waals surface area contributed by atoms with Crippen LogP contribution >= 0.6 is 12.4 Å². The van der Waals surface area contributed by atoms with Crippen molar-refractivity contribution in [2.75, 3.05) is 38.6 Å². The topological polar surface area (TPSA) is 67.4 Å². The average Bonchev–Trinajstić information content (AvgIpc) is 2.70. The van der Waals surface area contributed by atoms with Crippen molar-refractivity contribution in [1.82, 2.24) is 10.0 Å². The number of rotatable bonds is 8. The summed E-state index contributed by atoms with van der Waals surface area (Å²) in [5, 5.41) is 3.26. The fourth-order valence-electron chi connectivity index (χ4n) is 1.76. The zero-order valence-electron chi connectivity index (χ0n) is 10.3. The van der Waals surface area contributed by atoms with Gasteiger partial charge >= 0.3 is 0 Å². The van der Waals surface area contributed by atoms with Crippen LogP contribution < -0.4 is 10.0 Å². The molecule has 1 heterocycles. The maximum Gasteiger partial charge on any atom is 0.213 e. The third-order valence-electron chi connectivity index (χ3n) is 2.74. The second kappa shape index (κ2) is 9.10. The highest BCUT2D eigenvalue weighted by molar-refractivity contribution is 7.89. The molecule has 7 heteroatoms. The molecule has 5 nitrogen and oxygen atoms in total. The first kappa shape index (κ1) is 17.1. The minimum Gasteiger partial charge on any atom is -0.381 e. The monoisotopic (exact) mass is 286 g/mol. The van der Waals surface area contributed by atoms with Gasteiger partial charge in [-0.25, -0.2) is 13.1 Å². The Balaban J connectivity index is 0.00000256. The van der Waals surface area contributed by atoms with Crippen LogP contribution in [-0.2, 0) is 14.8 Å². The smallest absolute Gasteiger partial charge is 0.213 e. The van der Waals surface area contributed by atoms with E-state index in [1.165, 1.54) is 0 Å². The van der Waals surface area contributed by atoms with Gasteiger partial charge in [-0.15, -0.1) is 12.4 Å². The molecule has 0 bridgehead atoms. The fraction of sp³-hybridized carbons (Fsp3) is 1.00. The average molecular weight is 287 g/mol. The zero-order chi connectivity index (χ0) is 11.9. The van der Waals surface area contributed by atoms with Gasteiger partial charge in [0.15, 0.2) is 0 Å². The van der Waals surface area contributed by atoms with Gasteiger partial charge < -0.3 is 10.1 Å². The molecule has 104 valence electrons. The molecule has 0 aromatic heterocycles. The summed E-state index contributed by atoms with van der Waals surface area (Å²) in [6.45, 7) is 5.30. The minimum absolute atomic E-state index is 0. The van der Waals surface area contributed by atoms with Crippen LogP contribution in [0.25, 0.3) is 0 Å². The summed E-state index contributed by atoms with van der Waals surface area (Å²) >= 11 is 0. The number of sulfonamides is 1. The fourth-order valence-corrected chi connectivity index (χ4v) is 2.67. The van der Waals surface area contributed by atoms with Crippen LogP contribution in [0.1, 0.15) is 19.8 Å². The first-order valence-electron chi connectivity index (χ1n) is 5.90. The molecule has 0 saturated carbocycles. The van der Waals surface area contributed by atoms with Gasteiger partial charge in [0.05, 0.1) is 12.4 Å². The van der Waals surface area contributed by atoms with E-state index >= 15 is 0 Å². The summed E-state index contributed by atoms with van der Waals surface area (Å²) < 4.78 is 30.6. The van der Waals surface area contributed by atoms with Crippen LogP contribution in [0.5, 0.6) is 0 Å². The van der Waals surface area contributed by atoms with E-state index in [2.05, 4.69) is 10.0 Å². The highest BCUT2D eigenvalue weighted by Crippen LogP contribution is 2.10. The summed E-state index contributed by atoms with van der Waals surface area (Å²) in [5.74, 6) is 0.679. The first-order valence-corrected chi connectivity index (χ1v) is 7.55. The number of ether oxygens (including phenoxy) is 1. The molecule has 1 atom stereocenters. The summed E-state index contributed by atoms with van der Waals surface area (Å²) in [6.07, 6.45) is 2.07. The van der Waals surface area contributed by atoms with Crippen LogP contribution in [0, 0.1) is 5.92 Å². The van der Waals surface area contributed by atoms with Crippen LogP contribution in [0.15, 0.2) is 0 Å². The van der Waals surface area contributed by atoms with Crippen molar-refractivity contribution >= 4 is 22.4 Å². The normalized spacial score (nSPS) is 20.2. The minimum atomic E-state index is -3.14. The van der Waals surface area contributed by atoms with E-state index < -0.39 is 10.0 Å². The van der Waals surface area contributed by atoms with Gasteiger partial charge in [0.2, 0.25) is 10.0 Å². The van der Waals surface area contributed by atoms with Crippen molar-refractivity contribution in [3.63, 3.8) is 0 Å². The lowest BCUT2D eigenvalue weighted by molar-refractivity contribution is 0.163. The Labute approximate surface area is 110 Å². The molecule has 0 aliphatic carbocycles. The maximum atomic E-state index is 11.5. The van der Waals surface area contributed by atoms with E-state index in [0.29, 0.717) is 19.1 Å². The van der Waals surface area contributed by atoms with Gasteiger partial charge in [-0.05, 0) is 38.8 Å². The Morgan fingerprint density at radius 3 is 2.82 bits per heavy atom. The summed E-state index contributed by atoms with van der Waals surface area (Å²) in [7, 11) is -3.14. The van der Waals surface area contributed by atoms with Crippen LogP contribution in [0.2, 0.25) is 0 Å². The van der Waals surface area contributed by atoms with Crippen LogP contribution in [0.3, 0.4) is 0 Å². The number of nitrogens with one attached hydrogen (secondary N) is 2. The van der Waals surface area contributed by atoms with E-state index in [1.54, 1.807) is 0 Å². The molecule has 2 N–H and O–H groups in total. The number of hydrogen-bond donors (Lipinski definition) is 2. The third kappa shape index (κ3) is 7.94. The van der Waals surface area contributed by atoms with E-state index in [-0.39, 0.29) is 24.8 Å². The molecule has 1 aliphatic heterocycles. The molecule has 0 spiro atoms. The maximum absolute atomic E-state index is 11.5. The molecule has 0 aromatic rings. The van der Waals surface area contributed by atoms with Crippen molar-refractivity contribution in [1.29, 1.82) is 0 Å². The lowest BCUT2D eigenvalue weighted by Gasteiger charge is -2.09. The second-order valence-electron chi connectivity index (χ2n) is 4.06. The van der Waals surface area contributed by atoms with Crippen molar-refractivity contribution in [3.05, 3.63) is 0 Å². The standard InChI is InChI=1S/C10H22N2O3S.ClH/c1-2-15-7-8-16(13,14)12-6-4-10-3-5-11-9-10;/h10-12H,2-9H2,1H3;1H. The van der Waals surface area contributed by atoms with Crippen molar-refractivity contribution in [3.8, 4) is 0 Å². The number of hydrogen-bond acceptors (Lipinski definition) is 4. The summed E-state index contributed by atoms with van der Waals surface area (Å²) in [4.78, 5) is 0. The Morgan fingerprint density at radius 1 is 1.47 bits per heavy atom. The molecular weight excluding hydrogens is 264 g/mol. The molecule has 17 heavy (non-hydrogen) atoms. The molecule has 0 aromatic carbocycles. The van der Waals surface area contributed by atoms with E-state index in [1.807, 2.05) is 6.92 Å². The summed E-state index contributed by atoms with van der Waals surface area (Å²) in [6, 6.07) is 0. The molecule has 1 fully saturated rings. The molecule has 1 unspecified atom stereocenters. The molecule has 1 aliphatic rings. The van der Waals surface area contributed by atoms with Gasteiger partial charge in [0.25, 0.3) is 0 Å². The van der Waals surface area contributed by atoms with Crippen LogP contribution in [-0.4, -0.2) is 47.0 Å². The van der Waals surface area contributed by atoms with Gasteiger partial charge in [-0.3, -0.25) is 0 Å². The third-order valence-corrected chi connectivity index (χ3v) is 4.09. The molecule has 0 radical (unpaired) electrons. The Kier molecular flexibility index (Phi) is 9.17. The predicted octanol–water partition coefficient (Wildman–Crippen LogP) is 0.364. The Bertz CT molecular complexity index is 279. The zero-order valence-corrected chi connectivity index (χ0v) is 11.9.